The van der Waals surface area contributed by atoms with E-state index in [1.807, 2.05) is 0 Å². The lowest BCUT2D eigenvalue weighted by Gasteiger charge is -2.27. The Morgan fingerprint density at radius 3 is 2.70 bits per heavy atom. The van der Waals surface area contributed by atoms with Crippen LogP contribution in [0.1, 0.15) is 24.9 Å². The maximum atomic E-state index is 13.8. The third-order valence-electron chi connectivity index (χ3n) is 4.18. The zero-order chi connectivity index (χ0) is 19.6. The van der Waals surface area contributed by atoms with Gasteiger partial charge >= 0.3 is 0 Å². The molecule has 2 atom stereocenters. The third kappa shape index (κ3) is 4.48. The molecule has 0 saturated heterocycles. The Labute approximate surface area is 160 Å². The number of nitrogens with one attached hydrogen (secondary N) is 2. The molecule has 0 bridgehead atoms. The quantitative estimate of drug-likeness (QED) is 0.792. The first-order valence-corrected chi connectivity index (χ1v) is 10.7. The molecular weight excluding hydrogens is 394 g/mol. The number of sulfonamides is 1. The number of rotatable bonds is 5. The van der Waals surface area contributed by atoms with Gasteiger partial charge in [0.2, 0.25) is 15.9 Å². The second-order valence-electron chi connectivity index (χ2n) is 6.15. The molecule has 0 saturated carbocycles. The number of amides is 1. The molecule has 9 heteroatoms. The summed E-state index contributed by atoms with van der Waals surface area (Å²) >= 11 is 1.57. The van der Waals surface area contributed by atoms with Crippen molar-refractivity contribution in [2.24, 2.45) is 0 Å². The monoisotopic (exact) mass is 412 g/mol. The van der Waals surface area contributed by atoms with Crippen LogP contribution in [0.5, 0.6) is 0 Å². The van der Waals surface area contributed by atoms with E-state index in [1.165, 1.54) is 31.2 Å². The van der Waals surface area contributed by atoms with Crippen LogP contribution in [0.2, 0.25) is 0 Å². The fraction of sp³-hybridized carbons (Fsp3) is 0.278. The number of halogens is 2. The number of fused-ring (bicyclic) bond motifs is 1. The molecule has 1 heterocycles. The maximum absolute atomic E-state index is 13.8. The minimum atomic E-state index is -4.19. The van der Waals surface area contributed by atoms with Crippen LogP contribution < -0.4 is 10.0 Å². The lowest BCUT2D eigenvalue weighted by Crippen LogP contribution is -2.46. The highest BCUT2D eigenvalue weighted by Gasteiger charge is 2.28. The summed E-state index contributed by atoms with van der Waals surface area (Å²) in [5, 5.41) is 2.75. The average Bonchev–Trinajstić information content (AvgIpc) is 2.62. The molecule has 1 unspecified atom stereocenters. The summed E-state index contributed by atoms with van der Waals surface area (Å²) in [4.78, 5) is 12.8. The minimum Gasteiger partial charge on any atom is -0.348 e. The van der Waals surface area contributed by atoms with Crippen molar-refractivity contribution in [1.29, 1.82) is 0 Å². The van der Waals surface area contributed by atoms with E-state index in [0.717, 1.165) is 22.8 Å². The van der Waals surface area contributed by atoms with Gasteiger partial charge in [0.05, 0.1) is 12.1 Å². The van der Waals surface area contributed by atoms with E-state index >= 15 is 0 Å². The van der Waals surface area contributed by atoms with Crippen molar-refractivity contribution in [3.63, 3.8) is 0 Å². The largest absolute Gasteiger partial charge is 0.348 e. The highest BCUT2D eigenvalue weighted by molar-refractivity contribution is 7.99. The van der Waals surface area contributed by atoms with E-state index in [0.29, 0.717) is 12.0 Å². The van der Waals surface area contributed by atoms with Crippen LogP contribution in [0.15, 0.2) is 52.3 Å². The third-order valence-corrected chi connectivity index (χ3v) is 6.88. The van der Waals surface area contributed by atoms with Gasteiger partial charge in [0, 0.05) is 10.6 Å². The number of hydrogen-bond acceptors (Lipinski definition) is 4. The first-order chi connectivity index (χ1) is 12.8. The van der Waals surface area contributed by atoms with Gasteiger partial charge in [-0.3, -0.25) is 4.79 Å². The second-order valence-corrected chi connectivity index (χ2v) is 8.97. The first-order valence-electron chi connectivity index (χ1n) is 8.27. The molecule has 0 fully saturated rings. The van der Waals surface area contributed by atoms with Gasteiger partial charge in [-0.05, 0) is 49.2 Å². The minimum absolute atomic E-state index is 0.399. The predicted octanol–water partition coefficient (Wildman–Crippen LogP) is 2.98. The fourth-order valence-electron chi connectivity index (χ4n) is 2.82. The number of benzene rings is 2. The van der Waals surface area contributed by atoms with Gasteiger partial charge < -0.3 is 5.32 Å². The lowest BCUT2D eigenvalue weighted by atomic mass is 10.0. The molecule has 3 rings (SSSR count). The van der Waals surface area contributed by atoms with Crippen LogP contribution in [0, 0.1) is 11.6 Å². The fourth-order valence-corrected chi connectivity index (χ4v) is 5.21. The molecule has 0 radical (unpaired) electrons. The molecular formula is C18H18F2N2O3S2. The SMILES string of the molecule is C[C@H](NS(=O)(=O)c1ccccc1F)C(=O)NC1CCSc2ccc(F)cc21. The number of thioether (sulfide) groups is 1. The highest BCUT2D eigenvalue weighted by atomic mass is 32.2. The molecule has 2 aromatic rings. The molecule has 5 nitrogen and oxygen atoms in total. The highest BCUT2D eigenvalue weighted by Crippen LogP contribution is 2.36. The van der Waals surface area contributed by atoms with E-state index in [-0.39, 0.29) is 0 Å². The Morgan fingerprint density at radius 2 is 1.96 bits per heavy atom. The van der Waals surface area contributed by atoms with Gasteiger partial charge in [-0.25, -0.2) is 17.2 Å². The molecule has 2 aromatic carbocycles. The lowest BCUT2D eigenvalue weighted by molar-refractivity contribution is -0.123. The summed E-state index contributed by atoms with van der Waals surface area (Å²) in [7, 11) is -4.19. The van der Waals surface area contributed by atoms with Gasteiger partial charge in [0.15, 0.2) is 0 Å². The van der Waals surface area contributed by atoms with Crippen LogP contribution in [0.3, 0.4) is 0 Å². The number of carbonyl (C=O) groups excluding carboxylic acids is 1. The Morgan fingerprint density at radius 1 is 1.22 bits per heavy atom. The van der Waals surface area contributed by atoms with Crippen molar-refractivity contribution >= 4 is 27.7 Å². The van der Waals surface area contributed by atoms with Gasteiger partial charge in [-0.2, -0.15) is 4.72 Å². The number of hydrogen-bond donors (Lipinski definition) is 2. The molecule has 0 aliphatic carbocycles. The Balaban J connectivity index is 1.72. The van der Waals surface area contributed by atoms with Gasteiger partial charge in [0.1, 0.15) is 16.5 Å². The van der Waals surface area contributed by atoms with Crippen LogP contribution in [0.4, 0.5) is 8.78 Å². The Hall–Kier alpha value is -1.97. The summed E-state index contributed by atoms with van der Waals surface area (Å²) in [6.07, 6.45) is 0.597. The average molecular weight is 412 g/mol. The van der Waals surface area contributed by atoms with Gasteiger partial charge in [-0.15, -0.1) is 11.8 Å². The van der Waals surface area contributed by atoms with E-state index in [9.17, 15) is 22.0 Å². The first kappa shape index (κ1) is 19.8. The molecule has 144 valence electrons. The van der Waals surface area contributed by atoms with Crippen molar-refractivity contribution in [2.45, 2.75) is 35.2 Å². The summed E-state index contributed by atoms with van der Waals surface area (Å²) in [6, 6.07) is 7.80. The zero-order valence-electron chi connectivity index (χ0n) is 14.4. The summed E-state index contributed by atoms with van der Waals surface area (Å²) in [5.41, 5.74) is 0.670. The van der Waals surface area contributed by atoms with Crippen molar-refractivity contribution in [3.8, 4) is 0 Å². The topological polar surface area (TPSA) is 75.3 Å². The molecule has 1 amide bonds. The standard InChI is InChI=1S/C18H18F2N2O3S2/c1-11(22-27(24,25)17-5-3-2-4-14(17)20)18(23)21-15-8-9-26-16-7-6-12(19)10-13(15)16/h2-7,10-11,15,22H,8-9H2,1H3,(H,21,23)/t11-,15?/m0/s1. The Kier molecular flexibility index (Phi) is 5.83. The van der Waals surface area contributed by atoms with E-state index in [1.54, 1.807) is 17.8 Å². The maximum Gasteiger partial charge on any atom is 0.244 e. The van der Waals surface area contributed by atoms with E-state index in [4.69, 9.17) is 0 Å². The van der Waals surface area contributed by atoms with Crippen LogP contribution in [-0.2, 0) is 14.8 Å². The van der Waals surface area contributed by atoms with E-state index < -0.39 is 44.5 Å². The smallest absolute Gasteiger partial charge is 0.244 e. The second kappa shape index (κ2) is 7.95. The van der Waals surface area contributed by atoms with Crippen molar-refractivity contribution in [1.82, 2.24) is 10.0 Å². The normalized spacial score (nSPS) is 17.8. The molecule has 0 aromatic heterocycles. The van der Waals surface area contributed by atoms with Crippen LogP contribution >= 0.6 is 11.8 Å². The van der Waals surface area contributed by atoms with Crippen molar-refractivity contribution in [2.75, 3.05) is 5.75 Å². The zero-order valence-corrected chi connectivity index (χ0v) is 16.0. The number of carbonyl (C=O) groups is 1. The van der Waals surface area contributed by atoms with Crippen molar-refractivity contribution in [3.05, 3.63) is 59.7 Å². The van der Waals surface area contributed by atoms with Crippen molar-refractivity contribution < 1.29 is 22.0 Å². The summed E-state index contributed by atoms with van der Waals surface area (Å²) in [5.74, 6) is -1.11. The summed E-state index contributed by atoms with van der Waals surface area (Å²) < 4.78 is 54.1. The van der Waals surface area contributed by atoms with Gasteiger partial charge in [0.25, 0.3) is 0 Å². The van der Waals surface area contributed by atoms with Crippen LogP contribution in [0.25, 0.3) is 0 Å². The molecule has 1 aliphatic rings. The Bertz CT molecular complexity index is 967. The molecule has 0 spiro atoms. The summed E-state index contributed by atoms with van der Waals surface area (Å²) in [6.45, 7) is 1.37. The van der Waals surface area contributed by atoms with Crippen LogP contribution in [-0.4, -0.2) is 26.1 Å². The predicted molar refractivity (Wildman–Crippen MR) is 98.8 cm³/mol. The molecule has 27 heavy (non-hydrogen) atoms. The molecule has 1 aliphatic heterocycles. The molecule has 2 N–H and O–H groups in total. The van der Waals surface area contributed by atoms with Gasteiger partial charge in [-0.1, -0.05) is 12.1 Å². The van der Waals surface area contributed by atoms with E-state index in [2.05, 4.69) is 10.0 Å².